The Morgan fingerprint density at radius 2 is 1.67 bits per heavy atom. The molecular weight excluding hydrogens is 196 g/mol. The highest BCUT2D eigenvalue weighted by Crippen LogP contribution is 2.23. The molecule has 0 radical (unpaired) electrons. The fourth-order valence-corrected chi connectivity index (χ4v) is 0.598. The van der Waals surface area contributed by atoms with E-state index in [-0.39, 0.29) is 17.5 Å². The lowest BCUT2D eigenvalue weighted by atomic mass is 9.84. The van der Waals surface area contributed by atoms with Crippen molar-refractivity contribution in [1.82, 2.24) is 6.15 Å². The third-order valence-corrected chi connectivity index (χ3v) is 2.33. The van der Waals surface area contributed by atoms with E-state index in [0.717, 1.165) is 18.9 Å². The Labute approximate surface area is 90.9 Å². The summed E-state index contributed by atoms with van der Waals surface area (Å²) in [7, 11) is 0. The van der Waals surface area contributed by atoms with Crippen LogP contribution in [-0.2, 0) is 9.59 Å². The van der Waals surface area contributed by atoms with Gasteiger partial charge in [-0.3, -0.25) is 4.79 Å². The van der Waals surface area contributed by atoms with Gasteiger partial charge < -0.3 is 17.0 Å². The molecule has 0 aromatic carbocycles. The molecule has 5 heteroatoms. The van der Waals surface area contributed by atoms with Crippen molar-refractivity contribution in [3.05, 3.63) is 12.7 Å². The van der Waals surface area contributed by atoms with Crippen LogP contribution in [0.25, 0.3) is 0 Å². The number of hydrogen-bond donors (Lipinski definition) is 3. The predicted molar refractivity (Wildman–Crippen MR) is 60.7 cm³/mol. The summed E-state index contributed by atoms with van der Waals surface area (Å²) in [6.45, 7) is 8.82. The third-order valence-electron chi connectivity index (χ3n) is 2.33. The van der Waals surface area contributed by atoms with E-state index in [9.17, 15) is 9.59 Å². The van der Waals surface area contributed by atoms with Crippen molar-refractivity contribution in [2.75, 3.05) is 0 Å². The van der Waals surface area contributed by atoms with E-state index in [2.05, 4.69) is 6.58 Å². The fraction of sp³-hybridized carbons (Fsp3) is 0.600. The molecule has 0 aliphatic heterocycles. The van der Waals surface area contributed by atoms with Crippen LogP contribution in [0.4, 0.5) is 0 Å². The minimum Gasteiger partial charge on any atom is -0.478 e. The van der Waals surface area contributed by atoms with Crippen molar-refractivity contribution in [3.8, 4) is 0 Å². The van der Waals surface area contributed by atoms with Crippen LogP contribution in [0.5, 0.6) is 0 Å². The molecule has 0 heterocycles. The largest absolute Gasteiger partial charge is 0.478 e. The van der Waals surface area contributed by atoms with E-state index in [1.807, 2.05) is 20.8 Å². The summed E-state index contributed by atoms with van der Waals surface area (Å²) in [5.74, 6) is -1.17. The lowest BCUT2D eigenvalue weighted by molar-refractivity contribution is -0.131. The maximum Gasteiger partial charge on any atom is 0.327 e. The second-order valence-electron chi connectivity index (χ2n) is 3.17. The van der Waals surface area contributed by atoms with Crippen molar-refractivity contribution in [3.63, 3.8) is 0 Å². The average Bonchev–Trinajstić information content (AvgIpc) is 2.17. The summed E-state index contributed by atoms with van der Waals surface area (Å²) in [6, 6.07) is 0. The number of rotatable bonds is 4. The molecule has 0 atom stereocenters. The Balaban J connectivity index is -0.000000208. The standard InChI is InChI=1S/C7H15NO.C3H4O2.H3N/c1-4-7(3,5-2)6(8)9;1-2-3(4)5;/h4-5H2,1-3H3,(H2,8,9);2H,1H2,(H,4,5);1H3. The zero-order valence-electron chi connectivity index (χ0n) is 9.75. The Hall–Kier alpha value is -1.36. The third kappa shape index (κ3) is 8.96. The second-order valence-corrected chi connectivity index (χ2v) is 3.17. The number of nitrogens with two attached hydrogens (primary N) is 1. The minimum atomic E-state index is -0.981. The summed E-state index contributed by atoms with van der Waals surface area (Å²) in [5.41, 5.74) is 4.88. The first-order chi connectivity index (χ1) is 6.33. The smallest absolute Gasteiger partial charge is 0.327 e. The van der Waals surface area contributed by atoms with Gasteiger partial charge in [-0.25, -0.2) is 4.79 Å². The monoisotopic (exact) mass is 218 g/mol. The van der Waals surface area contributed by atoms with Crippen LogP contribution in [0, 0.1) is 5.41 Å². The Kier molecular flexibility index (Phi) is 11.8. The minimum absolute atomic E-state index is 0. The number of amides is 1. The summed E-state index contributed by atoms with van der Waals surface area (Å²) in [6.07, 6.45) is 2.50. The summed E-state index contributed by atoms with van der Waals surface area (Å²) in [4.78, 5) is 20.0. The first kappa shape index (κ1) is 19.2. The second kappa shape index (κ2) is 9.21. The van der Waals surface area contributed by atoms with Crippen LogP contribution in [-0.4, -0.2) is 17.0 Å². The summed E-state index contributed by atoms with van der Waals surface area (Å²) < 4.78 is 0. The molecule has 0 rings (SSSR count). The van der Waals surface area contributed by atoms with Gasteiger partial charge in [-0.05, 0) is 12.8 Å². The molecule has 0 spiro atoms. The van der Waals surface area contributed by atoms with Crippen molar-refractivity contribution < 1.29 is 14.7 Å². The molecule has 0 bridgehead atoms. The molecule has 0 saturated heterocycles. The van der Waals surface area contributed by atoms with Crippen molar-refractivity contribution in [1.29, 1.82) is 0 Å². The van der Waals surface area contributed by atoms with Gasteiger partial charge in [-0.1, -0.05) is 27.4 Å². The lowest BCUT2D eigenvalue weighted by Gasteiger charge is -2.21. The zero-order valence-corrected chi connectivity index (χ0v) is 9.75. The SMILES string of the molecule is C=CC(=O)O.CCC(C)(CC)C(N)=O.N. The molecule has 0 aliphatic carbocycles. The van der Waals surface area contributed by atoms with Crippen LogP contribution >= 0.6 is 0 Å². The Morgan fingerprint density at radius 1 is 1.40 bits per heavy atom. The molecule has 0 unspecified atom stereocenters. The number of hydrogen-bond acceptors (Lipinski definition) is 3. The van der Waals surface area contributed by atoms with Crippen molar-refractivity contribution >= 4 is 11.9 Å². The molecule has 90 valence electrons. The maximum atomic E-state index is 10.7. The highest BCUT2D eigenvalue weighted by Gasteiger charge is 2.25. The molecule has 1 amide bonds. The maximum absolute atomic E-state index is 10.7. The van der Waals surface area contributed by atoms with Gasteiger partial charge in [0.2, 0.25) is 5.91 Å². The van der Waals surface area contributed by atoms with E-state index in [0.29, 0.717) is 0 Å². The number of carbonyl (C=O) groups excluding carboxylic acids is 1. The number of carboxylic acids is 1. The van der Waals surface area contributed by atoms with Crippen molar-refractivity contribution in [2.45, 2.75) is 33.6 Å². The number of carbonyl (C=O) groups is 2. The van der Waals surface area contributed by atoms with E-state index in [1.165, 1.54) is 0 Å². The number of primary amides is 1. The molecule has 6 N–H and O–H groups in total. The highest BCUT2D eigenvalue weighted by atomic mass is 16.4. The molecule has 0 aliphatic rings. The number of carboxylic acid groups (broad SMARTS) is 1. The topological polar surface area (TPSA) is 115 Å². The van der Waals surface area contributed by atoms with Gasteiger partial charge >= 0.3 is 5.97 Å². The van der Waals surface area contributed by atoms with E-state index >= 15 is 0 Å². The van der Waals surface area contributed by atoms with E-state index in [4.69, 9.17) is 10.8 Å². The Morgan fingerprint density at radius 3 is 1.67 bits per heavy atom. The van der Waals surface area contributed by atoms with Crippen LogP contribution in [0.2, 0.25) is 0 Å². The molecule has 15 heavy (non-hydrogen) atoms. The van der Waals surface area contributed by atoms with E-state index in [1.54, 1.807) is 0 Å². The van der Waals surface area contributed by atoms with Gasteiger partial charge in [0.1, 0.15) is 0 Å². The van der Waals surface area contributed by atoms with Gasteiger partial charge in [0.25, 0.3) is 0 Å². The lowest BCUT2D eigenvalue weighted by Crippen LogP contribution is -2.32. The summed E-state index contributed by atoms with van der Waals surface area (Å²) in [5, 5.41) is 7.60. The first-order valence-corrected chi connectivity index (χ1v) is 4.49. The van der Waals surface area contributed by atoms with Gasteiger partial charge in [0, 0.05) is 11.5 Å². The van der Waals surface area contributed by atoms with E-state index < -0.39 is 5.97 Å². The quantitative estimate of drug-likeness (QED) is 0.623. The Bertz CT molecular complexity index is 211. The van der Waals surface area contributed by atoms with Gasteiger partial charge in [0.05, 0.1) is 0 Å². The number of aliphatic carboxylic acids is 1. The zero-order chi connectivity index (χ0) is 11.8. The van der Waals surface area contributed by atoms with Crippen LogP contribution in [0.15, 0.2) is 12.7 Å². The van der Waals surface area contributed by atoms with Crippen LogP contribution in [0.1, 0.15) is 33.6 Å². The van der Waals surface area contributed by atoms with Crippen LogP contribution in [0.3, 0.4) is 0 Å². The normalized spacial score (nSPS) is 9.00. The van der Waals surface area contributed by atoms with Gasteiger partial charge in [-0.2, -0.15) is 0 Å². The highest BCUT2D eigenvalue weighted by molar-refractivity contribution is 5.80. The molecule has 0 aromatic rings. The molecular formula is C10H22N2O3. The van der Waals surface area contributed by atoms with Crippen molar-refractivity contribution in [2.24, 2.45) is 11.1 Å². The summed E-state index contributed by atoms with van der Waals surface area (Å²) >= 11 is 0. The predicted octanol–water partition coefficient (Wildman–Crippen LogP) is 1.72. The molecule has 0 aromatic heterocycles. The van der Waals surface area contributed by atoms with Crippen LogP contribution < -0.4 is 11.9 Å². The molecule has 0 fully saturated rings. The first-order valence-electron chi connectivity index (χ1n) is 4.49. The molecule has 5 nitrogen and oxygen atoms in total. The van der Waals surface area contributed by atoms with Gasteiger partial charge in [-0.15, -0.1) is 0 Å². The van der Waals surface area contributed by atoms with Gasteiger partial charge in [0.15, 0.2) is 0 Å². The average molecular weight is 218 g/mol. The molecule has 0 saturated carbocycles. The fourth-order valence-electron chi connectivity index (χ4n) is 0.598.